The van der Waals surface area contributed by atoms with Gasteiger partial charge in [-0.3, -0.25) is 9.67 Å². The molecule has 7 nitrogen and oxygen atoms in total. The molecule has 0 aliphatic rings. The summed E-state index contributed by atoms with van der Waals surface area (Å²) < 4.78 is 7.19. The average molecular weight is 332 g/mol. The predicted molar refractivity (Wildman–Crippen MR) is 95.1 cm³/mol. The number of hydrogen-bond acceptors (Lipinski definition) is 6. The van der Waals surface area contributed by atoms with Gasteiger partial charge in [-0.1, -0.05) is 18.2 Å². The number of aromatic nitrogens is 5. The van der Waals surface area contributed by atoms with Gasteiger partial charge in [-0.15, -0.1) is 0 Å². The van der Waals surface area contributed by atoms with Gasteiger partial charge in [-0.2, -0.15) is 5.10 Å². The molecule has 0 radical (unpaired) electrons. The topological polar surface area (TPSA) is 91.7 Å². The highest BCUT2D eigenvalue weighted by atomic mass is 16.5. The fraction of sp³-hybridized carbons (Fsp3) is 0.111. The van der Waals surface area contributed by atoms with Crippen molar-refractivity contribution < 1.29 is 4.74 Å². The van der Waals surface area contributed by atoms with Gasteiger partial charge in [-0.25, -0.2) is 9.97 Å². The number of hydrogen-bond donors (Lipinski definition) is 1. The molecule has 25 heavy (non-hydrogen) atoms. The Morgan fingerprint density at radius 2 is 1.88 bits per heavy atom. The Labute approximate surface area is 144 Å². The molecule has 0 saturated carbocycles. The normalized spacial score (nSPS) is 10.9. The summed E-state index contributed by atoms with van der Waals surface area (Å²) in [5, 5.41) is 5.27. The number of pyridine rings is 1. The number of rotatable bonds is 4. The lowest BCUT2D eigenvalue weighted by Gasteiger charge is -2.07. The summed E-state index contributed by atoms with van der Waals surface area (Å²) in [7, 11) is 1.66. The van der Waals surface area contributed by atoms with Crippen molar-refractivity contribution >= 4 is 16.9 Å². The molecule has 0 spiro atoms. The molecule has 0 saturated heterocycles. The zero-order valence-electron chi connectivity index (χ0n) is 13.6. The molecule has 0 bridgehead atoms. The summed E-state index contributed by atoms with van der Waals surface area (Å²) in [5.74, 6) is 1.76. The first-order chi connectivity index (χ1) is 12.2. The first-order valence-corrected chi connectivity index (χ1v) is 7.77. The number of anilines is 1. The molecule has 0 aliphatic carbocycles. The van der Waals surface area contributed by atoms with E-state index in [-0.39, 0.29) is 0 Å². The number of para-hydroxylation sites is 1. The van der Waals surface area contributed by atoms with E-state index in [0.29, 0.717) is 23.8 Å². The van der Waals surface area contributed by atoms with Crippen LogP contribution >= 0.6 is 0 Å². The summed E-state index contributed by atoms with van der Waals surface area (Å²) in [6.07, 6.45) is 5.24. The van der Waals surface area contributed by atoms with Gasteiger partial charge in [-0.05, 0) is 18.2 Å². The van der Waals surface area contributed by atoms with Gasteiger partial charge in [0.1, 0.15) is 11.6 Å². The van der Waals surface area contributed by atoms with E-state index in [1.54, 1.807) is 24.2 Å². The van der Waals surface area contributed by atoms with E-state index in [9.17, 15) is 0 Å². The third-order valence-corrected chi connectivity index (χ3v) is 3.92. The first kappa shape index (κ1) is 15.1. The maximum atomic E-state index is 6.11. The summed E-state index contributed by atoms with van der Waals surface area (Å²) in [5.41, 5.74) is 8.55. The Morgan fingerprint density at radius 3 is 2.68 bits per heavy atom. The van der Waals surface area contributed by atoms with E-state index in [1.165, 1.54) is 0 Å². The number of nitrogens with zero attached hydrogens (tertiary/aromatic N) is 5. The third kappa shape index (κ3) is 2.87. The molecule has 3 aromatic heterocycles. The summed E-state index contributed by atoms with van der Waals surface area (Å²) in [6.45, 7) is 0.560. The van der Waals surface area contributed by atoms with E-state index in [4.69, 9.17) is 10.5 Å². The molecule has 3 heterocycles. The van der Waals surface area contributed by atoms with Crippen molar-refractivity contribution in [3.63, 3.8) is 0 Å². The number of methoxy groups -OCH3 is 1. The first-order valence-electron chi connectivity index (χ1n) is 7.77. The minimum Gasteiger partial charge on any atom is -0.496 e. The number of nitrogen functional groups attached to an aromatic ring is 1. The van der Waals surface area contributed by atoms with Crippen molar-refractivity contribution in [3.05, 3.63) is 60.6 Å². The van der Waals surface area contributed by atoms with Crippen LogP contribution in [0.4, 0.5) is 5.82 Å². The Hall–Kier alpha value is -3.48. The Balaban J connectivity index is 1.74. The van der Waals surface area contributed by atoms with Gasteiger partial charge >= 0.3 is 0 Å². The van der Waals surface area contributed by atoms with Gasteiger partial charge in [0.05, 0.1) is 19.0 Å². The lowest BCUT2D eigenvalue weighted by Crippen LogP contribution is -2.02. The van der Waals surface area contributed by atoms with Crippen LogP contribution in [0.25, 0.3) is 22.4 Å². The molecule has 0 atom stereocenters. The zero-order chi connectivity index (χ0) is 17.2. The monoisotopic (exact) mass is 332 g/mol. The number of nitrogens with two attached hydrogens (primary N) is 1. The molecule has 4 aromatic rings. The zero-order valence-corrected chi connectivity index (χ0v) is 13.6. The largest absolute Gasteiger partial charge is 0.496 e. The maximum Gasteiger partial charge on any atom is 0.186 e. The average Bonchev–Trinajstić information content (AvgIpc) is 3.06. The highest BCUT2D eigenvalue weighted by Crippen LogP contribution is 2.23. The van der Waals surface area contributed by atoms with Crippen LogP contribution in [0, 0.1) is 0 Å². The smallest absolute Gasteiger partial charge is 0.186 e. The van der Waals surface area contributed by atoms with Crippen LogP contribution in [-0.2, 0) is 6.54 Å². The fourth-order valence-electron chi connectivity index (χ4n) is 2.69. The van der Waals surface area contributed by atoms with Gasteiger partial charge in [0, 0.05) is 29.7 Å². The van der Waals surface area contributed by atoms with Crippen molar-refractivity contribution in [2.24, 2.45) is 0 Å². The van der Waals surface area contributed by atoms with E-state index in [2.05, 4.69) is 20.1 Å². The minimum absolute atomic E-state index is 0.406. The van der Waals surface area contributed by atoms with Crippen LogP contribution in [-0.4, -0.2) is 31.8 Å². The van der Waals surface area contributed by atoms with Crippen LogP contribution in [0.3, 0.4) is 0 Å². The lowest BCUT2D eigenvalue weighted by atomic mass is 10.2. The molecule has 0 aliphatic heterocycles. The van der Waals surface area contributed by atoms with E-state index in [0.717, 1.165) is 22.3 Å². The molecule has 0 fully saturated rings. The van der Waals surface area contributed by atoms with Crippen LogP contribution < -0.4 is 10.5 Å². The SMILES string of the molecule is COc1ccccc1Cn1cc2c(N)nc(-c3ccncc3)nc2n1. The number of ether oxygens (including phenoxy) is 1. The third-order valence-electron chi connectivity index (χ3n) is 3.92. The van der Waals surface area contributed by atoms with E-state index < -0.39 is 0 Å². The molecular formula is C18H16N6O. The molecule has 7 heteroatoms. The standard InChI is InChI=1S/C18H16N6O/c1-25-15-5-3-2-4-13(15)10-24-11-14-16(19)21-17(22-18(14)23-24)12-6-8-20-9-7-12/h2-9,11H,10H2,1H3,(H2,19,21,22,23). The fourth-order valence-corrected chi connectivity index (χ4v) is 2.69. The molecule has 4 rings (SSSR count). The molecular weight excluding hydrogens is 316 g/mol. The predicted octanol–water partition coefficient (Wildman–Crippen LogP) is 2.53. The van der Waals surface area contributed by atoms with Gasteiger partial charge in [0.25, 0.3) is 0 Å². The molecule has 2 N–H and O–H groups in total. The molecule has 0 unspecified atom stereocenters. The van der Waals surface area contributed by atoms with Crippen molar-refractivity contribution in [3.8, 4) is 17.1 Å². The maximum absolute atomic E-state index is 6.11. The second kappa shape index (κ2) is 6.20. The highest BCUT2D eigenvalue weighted by Gasteiger charge is 2.12. The van der Waals surface area contributed by atoms with Gasteiger partial charge in [0.2, 0.25) is 0 Å². The van der Waals surface area contributed by atoms with Crippen LogP contribution in [0.15, 0.2) is 55.0 Å². The summed E-state index contributed by atoms with van der Waals surface area (Å²) >= 11 is 0. The second-order valence-electron chi connectivity index (χ2n) is 5.54. The molecule has 1 aromatic carbocycles. The Morgan fingerprint density at radius 1 is 1.08 bits per heavy atom. The Bertz CT molecular complexity index is 1030. The van der Waals surface area contributed by atoms with Crippen LogP contribution in [0.2, 0.25) is 0 Å². The number of fused-ring (bicyclic) bond motifs is 1. The van der Waals surface area contributed by atoms with Crippen LogP contribution in [0.5, 0.6) is 5.75 Å². The van der Waals surface area contributed by atoms with Crippen molar-refractivity contribution in [2.45, 2.75) is 6.54 Å². The minimum atomic E-state index is 0.406. The van der Waals surface area contributed by atoms with Crippen molar-refractivity contribution in [2.75, 3.05) is 12.8 Å². The quantitative estimate of drug-likeness (QED) is 0.617. The van der Waals surface area contributed by atoms with Crippen molar-refractivity contribution in [1.82, 2.24) is 24.7 Å². The Kier molecular flexibility index (Phi) is 3.74. The lowest BCUT2D eigenvalue weighted by molar-refractivity contribution is 0.407. The highest BCUT2D eigenvalue weighted by molar-refractivity contribution is 5.86. The van der Waals surface area contributed by atoms with Gasteiger partial charge in [0.15, 0.2) is 11.5 Å². The molecule has 124 valence electrons. The van der Waals surface area contributed by atoms with E-state index in [1.807, 2.05) is 42.6 Å². The van der Waals surface area contributed by atoms with E-state index >= 15 is 0 Å². The molecule has 0 amide bonds. The van der Waals surface area contributed by atoms with Crippen molar-refractivity contribution in [1.29, 1.82) is 0 Å². The summed E-state index contributed by atoms with van der Waals surface area (Å²) in [6, 6.07) is 11.5. The number of benzene rings is 1. The van der Waals surface area contributed by atoms with Crippen LogP contribution in [0.1, 0.15) is 5.56 Å². The van der Waals surface area contributed by atoms with Gasteiger partial charge < -0.3 is 10.5 Å². The summed E-state index contributed by atoms with van der Waals surface area (Å²) in [4.78, 5) is 12.9. The second-order valence-corrected chi connectivity index (χ2v) is 5.54.